The Kier molecular flexibility index (Phi) is 5.09. The molecule has 0 saturated carbocycles. The second-order valence-corrected chi connectivity index (χ2v) is 7.36. The van der Waals surface area contributed by atoms with Crippen LogP contribution in [0.25, 0.3) is 10.9 Å². The van der Waals surface area contributed by atoms with Gasteiger partial charge in [-0.15, -0.1) is 0 Å². The molecule has 3 nitrogen and oxygen atoms in total. The number of thioether (sulfide) groups is 1. The van der Waals surface area contributed by atoms with E-state index in [0.717, 1.165) is 32.7 Å². The number of fused-ring (bicyclic) bond motifs is 1. The number of para-hydroxylation sites is 1. The molecular weight excluding hydrogens is 328 g/mol. The molecule has 0 fully saturated rings. The van der Waals surface area contributed by atoms with Crippen LogP contribution in [0.1, 0.15) is 22.3 Å². The average Bonchev–Trinajstić information content (AvgIpc) is 2.57. The van der Waals surface area contributed by atoms with Crippen LogP contribution in [0.2, 0.25) is 0 Å². The largest absolute Gasteiger partial charge is 0.325 e. The van der Waals surface area contributed by atoms with Gasteiger partial charge < -0.3 is 5.32 Å². The van der Waals surface area contributed by atoms with Gasteiger partial charge in [-0.05, 0) is 74.2 Å². The van der Waals surface area contributed by atoms with Gasteiger partial charge in [0.25, 0.3) is 0 Å². The van der Waals surface area contributed by atoms with E-state index in [4.69, 9.17) is 4.98 Å². The highest BCUT2D eigenvalue weighted by molar-refractivity contribution is 8.00. The lowest BCUT2D eigenvalue weighted by Crippen LogP contribution is -2.15. The van der Waals surface area contributed by atoms with Gasteiger partial charge in [-0.1, -0.05) is 30.0 Å². The SMILES string of the molecule is Cc1cc2cc(C)c(SCC(=O)Nc3ccccc3C)nc2cc1C. The minimum absolute atomic E-state index is 0.0133. The summed E-state index contributed by atoms with van der Waals surface area (Å²) in [4.78, 5) is 17.0. The Morgan fingerprint density at radius 1 is 0.960 bits per heavy atom. The molecule has 3 aromatic rings. The van der Waals surface area contributed by atoms with Crippen LogP contribution in [0, 0.1) is 27.7 Å². The van der Waals surface area contributed by atoms with E-state index in [1.807, 2.05) is 38.1 Å². The molecule has 1 N–H and O–H groups in total. The van der Waals surface area contributed by atoms with Crippen LogP contribution in [-0.4, -0.2) is 16.6 Å². The number of benzene rings is 2. The first-order chi connectivity index (χ1) is 11.9. The quantitative estimate of drug-likeness (QED) is 0.658. The highest BCUT2D eigenvalue weighted by Gasteiger charge is 2.10. The van der Waals surface area contributed by atoms with Crippen molar-refractivity contribution in [1.29, 1.82) is 0 Å². The number of aryl methyl sites for hydroxylation is 4. The lowest BCUT2D eigenvalue weighted by molar-refractivity contribution is -0.113. The summed E-state index contributed by atoms with van der Waals surface area (Å²) in [7, 11) is 0. The number of anilines is 1. The Labute approximate surface area is 152 Å². The molecule has 128 valence electrons. The molecule has 0 aliphatic carbocycles. The monoisotopic (exact) mass is 350 g/mol. The Morgan fingerprint density at radius 2 is 1.64 bits per heavy atom. The molecule has 1 aromatic heterocycles. The van der Waals surface area contributed by atoms with Crippen molar-refractivity contribution < 1.29 is 4.79 Å². The zero-order valence-corrected chi connectivity index (χ0v) is 15.8. The molecule has 1 amide bonds. The van der Waals surface area contributed by atoms with Gasteiger partial charge in [-0.25, -0.2) is 4.98 Å². The Hall–Kier alpha value is -2.33. The van der Waals surface area contributed by atoms with Crippen molar-refractivity contribution in [3.8, 4) is 0 Å². The Balaban J connectivity index is 1.74. The minimum atomic E-state index is -0.0133. The Morgan fingerprint density at radius 3 is 2.40 bits per heavy atom. The number of hydrogen-bond acceptors (Lipinski definition) is 3. The highest BCUT2D eigenvalue weighted by Crippen LogP contribution is 2.26. The van der Waals surface area contributed by atoms with E-state index in [1.165, 1.54) is 22.9 Å². The smallest absolute Gasteiger partial charge is 0.234 e. The van der Waals surface area contributed by atoms with Crippen molar-refractivity contribution in [2.45, 2.75) is 32.7 Å². The first-order valence-corrected chi connectivity index (χ1v) is 9.29. The standard InChI is InChI=1S/C21H22N2OS/c1-13-7-5-6-8-18(13)22-20(24)12-25-21-16(4)10-17-9-14(2)15(3)11-19(17)23-21/h5-11H,12H2,1-4H3,(H,22,24). The van der Waals surface area contributed by atoms with Gasteiger partial charge in [0.15, 0.2) is 0 Å². The molecule has 0 spiro atoms. The fourth-order valence-corrected chi connectivity index (χ4v) is 3.50. The summed E-state index contributed by atoms with van der Waals surface area (Å²) in [6.45, 7) is 8.24. The van der Waals surface area contributed by atoms with E-state index in [0.29, 0.717) is 5.75 Å². The number of hydrogen-bond donors (Lipinski definition) is 1. The predicted molar refractivity (Wildman–Crippen MR) is 106 cm³/mol. The van der Waals surface area contributed by atoms with Crippen molar-refractivity contribution >= 4 is 34.3 Å². The molecule has 0 aliphatic heterocycles. The topological polar surface area (TPSA) is 42.0 Å². The van der Waals surface area contributed by atoms with Crippen molar-refractivity contribution in [2.24, 2.45) is 0 Å². The zero-order valence-electron chi connectivity index (χ0n) is 15.0. The average molecular weight is 350 g/mol. The molecule has 0 unspecified atom stereocenters. The summed E-state index contributed by atoms with van der Waals surface area (Å²) in [5.41, 5.74) is 6.51. The van der Waals surface area contributed by atoms with Crippen LogP contribution in [0.5, 0.6) is 0 Å². The molecule has 2 aromatic carbocycles. The van der Waals surface area contributed by atoms with Gasteiger partial charge >= 0.3 is 0 Å². The molecule has 4 heteroatoms. The van der Waals surface area contributed by atoms with Crippen LogP contribution in [0.3, 0.4) is 0 Å². The third kappa shape index (κ3) is 4.02. The molecule has 1 heterocycles. The first-order valence-electron chi connectivity index (χ1n) is 8.31. The van der Waals surface area contributed by atoms with Gasteiger partial charge in [0.2, 0.25) is 5.91 Å². The summed E-state index contributed by atoms with van der Waals surface area (Å²) >= 11 is 1.48. The maximum absolute atomic E-state index is 12.3. The van der Waals surface area contributed by atoms with Crippen molar-refractivity contribution in [3.63, 3.8) is 0 Å². The molecule has 0 saturated heterocycles. The summed E-state index contributed by atoms with van der Waals surface area (Å²) in [5.74, 6) is 0.333. The predicted octanol–water partition coefficient (Wildman–Crippen LogP) is 5.20. The molecule has 3 rings (SSSR count). The number of carbonyl (C=O) groups is 1. The molecule has 0 atom stereocenters. The van der Waals surface area contributed by atoms with Gasteiger partial charge in [0.05, 0.1) is 11.3 Å². The van der Waals surface area contributed by atoms with Crippen LogP contribution >= 0.6 is 11.8 Å². The number of amides is 1. The number of pyridine rings is 1. The fraction of sp³-hybridized carbons (Fsp3) is 0.238. The molecule has 0 radical (unpaired) electrons. The van der Waals surface area contributed by atoms with Crippen LogP contribution in [0.4, 0.5) is 5.69 Å². The number of aromatic nitrogens is 1. The number of carbonyl (C=O) groups excluding carboxylic acids is 1. The molecule has 25 heavy (non-hydrogen) atoms. The number of rotatable bonds is 4. The molecule has 0 bridgehead atoms. The van der Waals surface area contributed by atoms with E-state index < -0.39 is 0 Å². The van der Waals surface area contributed by atoms with Crippen molar-refractivity contribution in [3.05, 3.63) is 64.7 Å². The van der Waals surface area contributed by atoms with Crippen molar-refractivity contribution in [1.82, 2.24) is 4.98 Å². The molecular formula is C21H22N2OS. The van der Waals surface area contributed by atoms with Gasteiger partial charge in [-0.3, -0.25) is 4.79 Å². The van der Waals surface area contributed by atoms with Crippen LogP contribution in [0.15, 0.2) is 47.5 Å². The maximum Gasteiger partial charge on any atom is 0.234 e. The second-order valence-electron chi connectivity index (χ2n) is 6.39. The number of nitrogens with one attached hydrogen (secondary N) is 1. The van der Waals surface area contributed by atoms with Crippen LogP contribution in [-0.2, 0) is 4.79 Å². The third-order valence-corrected chi connectivity index (χ3v) is 5.43. The summed E-state index contributed by atoms with van der Waals surface area (Å²) in [6.07, 6.45) is 0. The summed E-state index contributed by atoms with van der Waals surface area (Å²) in [5, 5.41) is 5.03. The van der Waals surface area contributed by atoms with E-state index >= 15 is 0 Å². The Bertz CT molecular complexity index is 950. The molecule has 0 aliphatic rings. The lowest BCUT2D eigenvalue weighted by Gasteiger charge is -2.10. The van der Waals surface area contributed by atoms with Gasteiger partial charge in [0, 0.05) is 11.1 Å². The summed E-state index contributed by atoms with van der Waals surface area (Å²) < 4.78 is 0. The van der Waals surface area contributed by atoms with Crippen LogP contribution < -0.4 is 5.32 Å². The number of nitrogens with zero attached hydrogens (tertiary/aromatic N) is 1. The summed E-state index contributed by atoms with van der Waals surface area (Å²) in [6, 6.07) is 14.2. The normalized spacial score (nSPS) is 10.9. The van der Waals surface area contributed by atoms with E-state index in [1.54, 1.807) is 0 Å². The second kappa shape index (κ2) is 7.28. The zero-order chi connectivity index (χ0) is 18.0. The van der Waals surface area contributed by atoms with Gasteiger partial charge in [-0.2, -0.15) is 0 Å². The lowest BCUT2D eigenvalue weighted by atomic mass is 10.1. The highest BCUT2D eigenvalue weighted by atomic mass is 32.2. The first kappa shape index (κ1) is 17.5. The maximum atomic E-state index is 12.3. The van der Waals surface area contributed by atoms with Gasteiger partial charge in [0.1, 0.15) is 5.03 Å². The van der Waals surface area contributed by atoms with E-state index in [2.05, 4.69) is 37.4 Å². The van der Waals surface area contributed by atoms with E-state index in [-0.39, 0.29) is 5.91 Å². The third-order valence-electron chi connectivity index (χ3n) is 4.33. The fourth-order valence-electron chi connectivity index (χ4n) is 2.71. The minimum Gasteiger partial charge on any atom is -0.325 e. The van der Waals surface area contributed by atoms with Crippen molar-refractivity contribution in [2.75, 3.05) is 11.1 Å². The van der Waals surface area contributed by atoms with E-state index in [9.17, 15) is 4.79 Å².